The van der Waals surface area contributed by atoms with Gasteiger partial charge >= 0.3 is 0 Å². The molecule has 0 radical (unpaired) electrons. The standard InChI is InChI=1S/C15H12ClN3O4/c1-8-3-2-4-11(13(8)14(17)20)18-15(21)9-5-6-10(16)12(7-9)19(22)23/h2-7H,1H3,(H2,17,20)(H,18,21). The van der Waals surface area contributed by atoms with Gasteiger partial charge in [0.2, 0.25) is 0 Å². The fraction of sp³-hybridized carbons (Fsp3) is 0.0667. The summed E-state index contributed by atoms with van der Waals surface area (Å²) in [6.07, 6.45) is 0. The highest BCUT2D eigenvalue weighted by atomic mass is 35.5. The molecular formula is C15H12ClN3O4. The average molecular weight is 334 g/mol. The Bertz CT molecular complexity index is 820. The second-order valence-electron chi connectivity index (χ2n) is 4.74. The van der Waals surface area contributed by atoms with E-state index in [2.05, 4.69) is 5.32 Å². The lowest BCUT2D eigenvalue weighted by Crippen LogP contribution is -2.19. The molecule has 0 aliphatic heterocycles. The maximum atomic E-state index is 12.3. The van der Waals surface area contributed by atoms with E-state index in [9.17, 15) is 19.7 Å². The third-order valence-corrected chi connectivity index (χ3v) is 3.49. The molecule has 2 amide bonds. The topological polar surface area (TPSA) is 115 Å². The number of benzene rings is 2. The van der Waals surface area contributed by atoms with Crippen LogP contribution in [0.4, 0.5) is 11.4 Å². The van der Waals surface area contributed by atoms with E-state index in [-0.39, 0.29) is 27.5 Å². The number of carbonyl (C=O) groups excluding carboxylic acids is 2. The van der Waals surface area contributed by atoms with Crippen LogP contribution in [0.2, 0.25) is 5.02 Å². The van der Waals surface area contributed by atoms with Gasteiger partial charge in [-0.15, -0.1) is 0 Å². The summed E-state index contributed by atoms with van der Waals surface area (Å²) in [5, 5.41) is 13.3. The predicted octanol–water partition coefficient (Wildman–Crippen LogP) is 2.91. The Morgan fingerprint density at radius 1 is 1.26 bits per heavy atom. The van der Waals surface area contributed by atoms with Gasteiger partial charge in [0.05, 0.1) is 16.2 Å². The first-order valence-electron chi connectivity index (χ1n) is 6.46. The molecule has 2 aromatic rings. The molecule has 23 heavy (non-hydrogen) atoms. The number of carbonyl (C=O) groups is 2. The van der Waals surface area contributed by atoms with Crippen molar-refractivity contribution in [1.29, 1.82) is 0 Å². The van der Waals surface area contributed by atoms with Crippen LogP contribution in [0, 0.1) is 17.0 Å². The Morgan fingerprint density at radius 3 is 2.57 bits per heavy atom. The molecule has 0 saturated carbocycles. The van der Waals surface area contributed by atoms with Crippen molar-refractivity contribution in [3.63, 3.8) is 0 Å². The normalized spacial score (nSPS) is 10.2. The lowest BCUT2D eigenvalue weighted by atomic mass is 10.1. The van der Waals surface area contributed by atoms with Crippen LogP contribution in [0.1, 0.15) is 26.3 Å². The van der Waals surface area contributed by atoms with E-state index in [0.717, 1.165) is 6.07 Å². The van der Waals surface area contributed by atoms with Crippen molar-refractivity contribution >= 4 is 34.8 Å². The van der Waals surface area contributed by atoms with E-state index in [1.807, 2.05) is 0 Å². The molecule has 8 heteroatoms. The van der Waals surface area contributed by atoms with E-state index < -0.39 is 16.7 Å². The monoisotopic (exact) mass is 333 g/mol. The summed E-state index contributed by atoms with van der Waals surface area (Å²) in [6.45, 7) is 1.68. The highest BCUT2D eigenvalue weighted by molar-refractivity contribution is 6.32. The Balaban J connectivity index is 2.37. The number of hydrogen-bond donors (Lipinski definition) is 2. The molecule has 0 heterocycles. The number of rotatable bonds is 4. The molecule has 0 aromatic heterocycles. The van der Waals surface area contributed by atoms with Gasteiger partial charge in [-0.1, -0.05) is 23.7 Å². The molecule has 3 N–H and O–H groups in total. The number of nitrogens with one attached hydrogen (secondary N) is 1. The Kier molecular flexibility index (Phi) is 4.61. The number of hydrogen-bond acceptors (Lipinski definition) is 4. The van der Waals surface area contributed by atoms with Crippen LogP contribution >= 0.6 is 11.6 Å². The highest BCUT2D eigenvalue weighted by Gasteiger charge is 2.18. The first-order valence-corrected chi connectivity index (χ1v) is 6.83. The molecule has 0 fully saturated rings. The lowest BCUT2D eigenvalue weighted by Gasteiger charge is -2.11. The lowest BCUT2D eigenvalue weighted by molar-refractivity contribution is -0.384. The number of nitro benzene ring substituents is 1. The van der Waals surface area contributed by atoms with E-state index in [1.165, 1.54) is 18.2 Å². The summed E-state index contributed by atoms with van der Waals surface area (Å²) < 4.78 is 0. The largest absolute Gasteiger partial charge is 0.366 e. The first-order chi connectivity index (χ1) is 10.8. The summed E-state index contributed by atoms with van der Waals surface area (Å²) >= 11 is 5.71. The van der Waals surface area contributed by atoms with Gasteiger partial charge in [-0.3, -0.25) is 19.7 Å². The number of anilines is 1. The third-order valence-electron chi connectivity index (χ3n) is 3.17. The number of aryl methyl sites for hydroxylation is 1. The molecular weight excluding hydrogens is 322 g/mol. The Labute approximate surface area is 136 Å². The molecule has 7 nitrogen and oxygen atoms in total. The Morgan fingerprint density at radius 2 is 1.96 bits per heavy atom. The van der Waals surface area contributed by atoms with Gasteiger partial charge in [0.15, 0.2) is 0 Å². The number of primary amides is 1. The van der Waals surface area contributed by atoms with Crippen molar-refractivity contribution in [2.24, 2.45) is 5.73 Å². The molecule has 2 aromatic carbocycles. The summed E-state index contributed by atoms with van der Waals surface area (Å²) in [5.74, 6) is -1.29. The Hall–Kier alpha value is -2.93. The summed E-state index contributed by atoms with van der Waals surface area (Å²) in [6, 6.07) is 8.54. The SMILES string of the molecule is Cc1cccc(NC(=O)c2ccc(Cl)c([N+](=O)[O-])c2)c1C(N)=O. The van der Waals surface area contributed by atoms with E-state index in [1.54, 1.807) is 19.1 Å². The minimum absolute atomic E-state index is 0.0398. The molecule has 0 unspecified atom stereocenters. The minimum atomic E-state index is -0.680. The molecule has 0 atom stereocenters. The van der Waals surface area contributed by atoms with Gasteiger partial charge in [0.1, 0.15) is 5.02 Å². The number of nitrogens with two attached hydrogens (primary N) is 1. The summed E-state index contributed by atoms with van der Waals surface area (Å²) in [5.41, 5.74) is 6.01. The van der Waals surface area contributed by atoms with Crippen LogP contribution in [0.5, 0.6) is 0 Å². The second kappa shape index (κ2) is 6.45. The fourth-order valence-electron chi connectivity index (χ4n) is 2.09. The maximum Gasteiger partial charge on any atom is 0.288 e. The molecule has 118 valence electrons. The van der Waals surface area contributed by atoms with Crippen molar-refractivity contribution in [2.45, 2.75) is 6.92 Å². The average Bonchev–Trinajstić information content (AvgIpc) is 2.46. The van der Waals surface area contributed by atoms with Crippen LogP contribution in [-0.4, -0.2) is 16.7 Å². The van der Waals surface area contributed by atoms with Crippen LogP contribution in [-0.2, 0) is 0 Å². The van der Waals surface area contributed by atoms with Gasteiger partial charge in [-0.25, -0.2) is 0 Å². The molecule has 0 bridgehead atoms. The molecule has 2 rings (SSSR count). The fourth-order valence-corrected chi connectivity index (χ4v) is 2.27. The first kappa shape index (κ1) is 16.4. The van der Waals surface area contributed by atoms with Crippen LogP contribution in [0.25, 0.3) is 0 Å². The highest BCUT2D eigenvalue weighted by Crippen LogP contribution is 2.26. The van der Waals surface area contributed by atoms with Crippen LogP contribution in [0.15, 0.2) is 36.4 Å². The van der Waals surface area contributed by atoms with Crippen LogP contribution < -0.4 is 11.1 Å². The van der Waals surface area contributed by atoms with Crippen molar-refractivity contribution < 1.29 is 14.5 Å². The van der Waals surface area contributed by atoms with Gasteiger partial charge < -0.3 is 11.1 Å². The number of amides is 2. The van der Waals surface area contributed by atoms with E-state index in [4.69, 9.17) is 17.3 Å². The summed E-state index contributed by atoms with van der Waals surface area (Å²) in [4.78, 5) is 34.0. The number of nitro groups is 1. The second-order valence-corrected chi connectivity index (χ2v) is 5.15. The zero-order valence-electron chi connectivity index (χ0n) is 12.0. The van der Waals surface area contributed by atoms with Crippen molar-refractivity contribution in [3.8, 4) is 0 Å². The number of halogens is 1. The van der Waals surface area contributed by atoms with Crippen molar-refractivity contribution in [2.75, 3.05) is 5.32 Å². The van der Waals surface area contributed by atoms with E-state index >= 15 is 0 Å². The van der Waals surface area contributed by atoms with Crippen molar-refractivity contribution in [3.05, 3.63) is 68.2 Å². The molecule has 0 aliphatic rings. The number of nitrogens with zero attached hydrogens (tertiary/aromatic N) is 1. The zero-order chi connectivity index (χ0) is 17.1. The van der Waals surface area contributed by atoms with Gasteiger partial charge in [-0.2, -0.15) is 0 Å². The van der Waals surface area contributed by atoms with Gasteiger partial charge in [0, 0.05) is 11.6 Å². The smallest absolute Gasteiger partial charge is 0.288 e. The van der Waals surface area contributed by atoms with Gasteiger partial charge in [0.25, 0.3) is 17.5 Å². The quantitative estimate of drug-likeness (QED) is 0.661. The summed E-state index contributed by atoms with van der Waals surface area (Å²) in [7, 11) is 0. The van der Waals surface area contributed by atoms with Gasteiger partial charge in [-0.05, 0) is 30.7 Å². The predicted molar refractivity (Wildman–Crippen MR) is 85.8 cm³/mol. The molecule has 0 spiro atoms. The zero-order valence-corrected chi connectivity index (χ0v) is 12.8. The molecule has 0 aliphatic carbocycles. The van der Waals surface area contributed by atoms with Crippen molar-refractivity contribution in [1.82, 2.24) is 0 Å². The van der Waals surface area contributed by atoms with E-state index in [0.29, 0.717) is 5.56 Å². The van der Waals surface area contributed by atoms with Crippen LogP contribution in [0.3, 0.4) is 0 Å². The minimum Gasteiger partial charge on any atom is -0.366 e. The molecule has 0 saturated heterocycles. The maximum absolute atomic E-state index is 12.3. The third kappa shape index (κ3) is 3.46.